The second-order valence-corrected chi connectivity index (χ2v) is 26.5. The maximum Gasteiger partial charge on any atom is 0.311 e. The molecule has 9 heteroatoms. The minimum absolute atomic E-state index is 0.202. The quantitative estimate of drug-likeness (QED) is 0.0986. The molecule has 2 rings (SSSR count). The monoisotopic (exact) mass is 737 g/mol. The number of rotatable bonds is 14. The zero-order valence-corrected chi connectivity index (χ0v) is 36.6. The fourth-order valence-electron chi connectivity index (χ4n) is 8.41. The minimum Gasteiger partial charge on any atom is -0.465 e. The molecule has 51 heavy (non-hydrogen) atoms. The molecule has 0 aromatic carbocycles. The van der Waals surface area contributed by atoms with Crippen molar-refractivity contribution in [3.8, 4) is 0 Å². The molecule has 2 aliphatic rings. The van der Waals surface area contributed by atoms with Gasteiger partial charge >= 0.3 is 23.9 Å². The highest BCUT2D eigenvalue weighted by molar-refractivity contribution is 6.79. The average molecular weight is 737 g/mol. The van der Waals surface area contributed by atoms with Gasteiger partial charge in [-0.2, -0.15) is 0 Å². The van der Waals surface area contributed by atoms with E-state index in [2.05, 4.69) is 27.7 Å². The van der Waals surface area contributed by atoms with Gasteiger partial charge in [0, 0.05) is 10.8 Å². The molecule has 0 radical (unpaired) electrons. The summed E-state index contributed by atoms with van der Waals surface area (Å²) in [5.41, 5.74) is -3.60. The van der Waals surface area contributed by atoms with E-state index in [0.717, 1.165) is 25.7 Å². The molecule has 0 aromatic heterocycles. The molecule has 0 N–H and O–H groups in total. The lowest BCUT2D eigenvalue weighted by Gasteiger charge is -2.37. The van der Waals surface area contributed by atoms with E-state index in [1.807, 2.05) is 83.1 Å². The first-order chi connectivity index (χ1) is 23.1. The maximum absolute atomic E-state index is 13.2. The van der Waals surface area contributed by atoms with Crippen molar-refractivity contribution in [2.75, 3.05) is 26.4 Å². The summed E-state index contributed by atoms with van der Waals surface area (Å²) < 4.78 is 24.3. The zero-order chi connectivity index (χ0) is 39.4. The first-order valence-electron chi connectivity index (χ1n) is 19.8. The molecular formula is C42H76O8Si. The number of ether oxygens (including phenoxy) is 4. The molecule has 0 bridgehead atoms. The average Bonchev–Trinajstić information content (AvgIpc) is 3.54. The van der Waals surface area contributed by atoms with Crippen LogP contribution >= 0.6 is 0 Å². The van der Waals surface area contributed by atoms with Crippen molar-refractivity contribution >= 4 is 32.0 Å². The van der Waals surface area contributed by atoms with Crippen LogP contribution in [0, 0.1) is 56.2 Å². The van der Waals surface area contributed by atoms with Crippen LogP contribution in [-0.2, 0) is 38.1 Å². The van der Waals surface area contributed by atoms with Crippen LogP contribution in [0.5, 0.6) is 0 Å². The highest BCUT2D eigenvalue weighted by Gasteiger charge is 2.56. The minimum atomic E-state index is -1.60. The second kappa shape index (κ2) is 16.6. The number of carbonyl (C=O) groups is 4. The highest BCUT2D eigenvalue weighted by atomic mass is 28.3. The summed E-state index contributed by atoms with van der Waals surface area (Å²) in [4.78, 5) is 52.5. The van der Waals surface area contributed by atoms with Crippen molar-refractivity contribution in [1.29, 1.82) is 0 Å². The van der Waals surface area contributed by atoms with E-state index < -0.39 is 40.6 Å². The van der Waals surface area contributed by atoms with E-state index in [9.17, 15) is 19.2 Å². The third-order valence-corrected chi connectivity index (χ3v) is 18.0. The Balaban J connectivity index is 2.62. The van der Waals surface area contributed by atoms with Crippen molar-refractivity contribution < 1.29 is 38.1 Å². The molecule has 0 aromatic rings. The third-order valence-electron chi connectivity index (χ3n) is 12.1. The Morgan fingerprint density at radius 3 is 1.10 bits per heavy atom. The molecule has 0 unspecified atom stereocenters. The highest BCUT2D eigenvalue weighted by Crippen LogP contribution is 2.60. The van der Waals surface area contributed by atoms with Crippen molar-refractivity contribution in [3.63, 3.8) is 0 Å². The van der Waals surface area contributed by atoms with Crippen LogP contribution < -0.4 is 0 Å². The van der Waals surface area contributed by atoms with Crippen molar-refractivity contribution in [3.05, 3.63) is 0 Å². The fourth-order valence-corrected chi connectivity index (χ4v) is 12.3. The number of hydrogen-bond donors (Lipinski definition) is 0. The van der Waals surface area contributed by atoms with Crippen LogP contribution in [0.3, 0.4) is 0 Å². The summed E-state index contributed by atoms with van der Waals surface area (Å²) in [6, 6.07) is 4.81. The zero-order valence-electron chi connectivity index (χ0n) is 35.6. The van der Waals surface area contributed by atoms with Crippen molar-refractivity contribution in [2.24, 2.45) is 56.2 Å². The van der Waals surface area contributed by atoms with Crippen molar-refractivity contribution in [1.82, 2.24) is 0 Å². The number of hydrogen-bond acceptors (Lipinski definition) is 8. The van der Waals surface area contributed by atoms with E-state index in [-0.39, 0.29) is 68.1 Å². The van der Waals surface area contributed by atoms with Crippen LogP contribution in [0.25, 0.3) is 0 Å². The van der Waals surface area contributed by atoms with Crippen molar-refractivity contribution in [2.45, 2.75) is 161 Å². The van der Waals surface area contributed by atoms with Gasteiger partial charge in [0.2, 0.25) is 0 Å². The summed E-state index contributed by atoms with van der Waals surface area (Å²) in [7, 11) is -1.60. The van der Waals surface area contributed by atoms with Gasteiger partial charge < -0.3 is 18.9 Å². The Morgan fingerprint density at radius 2 is 0.804 bits per heavy atom. The van der Waals surface area contributed by atoms with E-state index in [1.165, 1.54) is 24.2 Å². The summed E-state index contributed by atoms with van der Waals surface area (Å²) in [5.74, 6) is 0.189. The lowest BCUT2D eigenvalue weighted by molar-refractivity contribution is -0.165. The molecule has 0 saturated heterocycles. The summed E-state index contributed by atoms with van der Waals surface area (Å²) in [6.07, 6.45) is 3.15. The molecule has 0 spiro atoms. The summed E-state index contributed by atoms with van der Waals surface area (Å²) >= 11 is 0. The second-order valence-electron chi connectivity index (χ2n) is 21.0. The fraction of sp³-hybridized carbons (Fsp3) is 0.905. The molecule has 0 heterocycles. The van der Waals surface area contributed by atoms with E-state index >= 15 is 0 Å². The topological polar surface area (TPSA) is 105 Å². The molecule has 2 saturated carbocycles. The summed E-state index contributed by atoms with van der Waals surface area (Å²) in [6.45, 7) is 32.5. The maximum atomic E-state index is 13.2. The molecular weight excluding hydrogens is 661 g/mol. The standard InChI is InChI=1S/C42H76O8Si/c1-17-51(18-2,19-3)24-30-21-42(27-49-35(45)39(11,12)13,28-50-36(46)40(14,15)16)23-32(30)31-22-41(20-29(31)4,25-47-33(43)37(5,6)7)26-48-34(44)38(8,9)10/h29-32H,17-28H2,1-16H3/t29-,30-,31-,32+/m0/s1. The largest absolute Gasteiger partial charge is 0.465 e. The molecule has 8 nitrogen and oxygen atoms in total. The van der Waals surface area contributed by atoms with E-state index in [0.29, 0.717) is 5.92 Å². The molecule has 0 aliphatic heterocycles. The lowest BCUT2D eigenvalue weighted by atomic mass is 9.77. The van der Waals surface area contributed by atoms with Crippen LogP contribution in [0.2, 0.25) is 24.2 Å². The van der Waals surface area contributed by atoms with Gasteiger partial charge in [-0.25, -0.2) is 0 Å². The molecule has 296 valence electrons. The van der Waals surface area contributed by atoms with E-state index in [1.54, 1.807) is 0 Å². The molecule has 2 fully saturated rings. The van der Waals surface area contributed by atoms with Crippen LogP contribution in [-0.4, -0.2) is 58.4 Å². The van der Waals surface area contributed by atoms with E-state index in [4.69, 9.17) is 18.9 Å². The van der Waals surface area contributed by atoms with Gasteiger partial charge in [-0.15, -0.1) is 0 Å². The first kappa shape index (κ1) is 45.3. The Hall–Kier alpha value is -1.90. The SMILES string of the molecule is CC[Si](CC)(CC)C[C@@H]1CC(COC(=O)C(C)(C)C)(COC(=O)C(C)(C)C)C[C@H]1[C@H]1CC(COC(=O)C(C)(C)C)(COC(=O)C(C)(C)C)C[C@@H]1C. The van der Waals surface area contributed by atoms with Crippen LogP contribution in [0.1, 0.15) is 136 Å². The normalized spacial score (nSPS) is 23.8. The predicted molar refractivity (Wildman–Crippen MR) is 207 cm³/mol. The van der Waals surface area contributed by atoms with Gasteiger partial charge in [0.05, 0.1) is 29.7 Å². The van der Waals surface area contributed by atoms with Gasteiger partial charge in [0.15, 0.2) is 0 Å². The molecule has 0 amide bonds. The van der Waals surface area contributed by atoms with Gasteiger partial charge in [0.1, 0.15) is 26.4 Å². The number of carbonyl (C=O) groups excluding carboxylic acids is 4. The first-order valence-corrected chi connectivity index (χ1v) is 22.6. The Bertz CT molecular complexity index is 1140. The van der Waals surface area contributed by atoms with Gasteiger partial charge in [0.25, 0.3) is 0 Å². The van der Waals surface area contributed by atoms with Crippen LogP contribution in [0.15, 0.2) is 0 Å². The number of esters is 4. The van der Waals surface area contributed by atoms with Gasteiger partial charge in [-0.1, -0.05) is 51.9 Å². The van der Waals surface area contributed by atoms with Gasteiger partial charge in [-0.3, -0.25) is 19.2 Å². The van der Waals surface area contributed by atoms with Gasteiger partial charge in [-0.05, 0) is 132 Å². The third kappa shape index (κ3) is 12.0. The van der Waals surface area contributed by atoms with Crippen LogP contribution in [0.4, 0.5) is 0 Å². The smallest absolute Gasteiger partial charge is 0.311 e. The lowest BCUT2D eigenvalue weighted by Crippen LogP contribution is -2.37. The predicted octanol–water partition coefficient (Wildman–Crippen LogP) is 9.90. The Kier molecular flexibility index (Phi) is 14.8. The summed E-state index contributed by atoms with van der Waals surface area (Å²) in [5, 5.41) is 0. The molecule has 2 aliphatic carbocycles. The molecule has 4 atom stereocenters. The Labute approximate surface area is 312 Å². The Morgan fingerprint density at radius 1 is 0.510 bits per heavy atom.